The molecule has 0 aliphatic heterocycles. The lowest BCUT2D eigenvalue weighted by Crippen LogP contribution is -2.00. The second-order valence-electron chi connectivity index (χ2n) is 8.58. The Labute approximate surface area is 206 Å². The van der Waals surface area contributed by atoms with Crippen LogP contribution in [0.25, 0.3) is 50.5 Å². The van der Waals surface area contributed by atoms with Gasteiger partial charge in [-0.2, -0.15) is 0 Å². The number of benzene rings is 5. The van der Waals surface area contributed by atoms with Gasteiger partial charge in [-0.1, -0.05) is 140 Å². The number of hydrogen-bond acceptors (Lipinski definition) is 0. The summed E-state index contributed by atoms with van der Waals surface area (Å²) in [4.78, 5) is 0. The first-order chi connectivity index (χ1) is 17.4. The van der Waals surface area contributed by atoms with Gasteiger partial charge in [-0.25, -0.2) is 0 Å². The zero-order valence-electron chi connectivity index (χ0n) is 19.4. The number of nitrogens with zero attached hydrogens (tertiary/aromatic N) is 1. The fourth-order valence-corrected chi connectivity index (χ4v) is 4.92. The first-order valence-corrected chi connectivity index (χ1v) is 12.0. The van der Waals surface area contributed by atoms with E-state index in [1.54, 1.807) is 0 Å². The average Bonchev–Trinajstić information content (AvgIpc) is 3.32. The highest BCUT2D eigenvalue weighted by molar-refractivity contribution is 6.02. The summed E-state index contributed by atoms with van der Waals surface area (Å²) in [6.45, 7) is 0. The molecule has 0 unspecified atom stereocenters. The molecule has 1 nitrogen and oxygen atoms in total. The molecule has 0 spiro atoms. The van der Waals surface area contributed by atoms with Gasteiger partial charge in [0.05, 0.1) is 11.4 Å². The second-order valence-corrected chi connectivity index (χ2v) is 8.58. The minimum atomic E-state index is 1.14. The van der Waals surface area contributed by atoms with E-state index >= 15 is 0 Å². The minimum absolute atomic E-state index is 1.14. The van der Waals surface area contributed by atoms with Crippen LogP contribution in [0.2, 0.25) is 0 Å². The molecule has 5 aromatic carbocycles. The maximum absolute atomic E-state index is 2.44. The smallest absolute Gasteiger partial charge is 0.0619 e. The number of para-hydroxylation sites is 1. The van der Waals surface area contributed by atoms with Crippen molar-refractivity contribution in [2.45, 2.75) is 0 Å². The van der Waals surface area contributed by atoms with Crippen LogP contribution >= 0.6 is 0 Å². The van der Waals surface area contributed by atoms with Crippen LogP contribution in [0.5, 0.6) is 0 Å². The van der Waals surface area contributed by atoms with E-state index < -0.39 is 0 Å². The van der Waals surface area contributed by atoms with Crippen LogP contribution in [-0.4, -0.2) is 4.57 Å². The molecule has 0 saturated carbocycles. The summed E-state index contributed by atoms with van der Waals surface area (Å²) < 4.78 is 2.44. The summed E-state index contributed by atoms with van der Waals surface area (Å²) in [5.74, 6) is 0. The lowest BCUT2D eigenvalue weighted by Gasteiger charge is -2.15. The number of rotatable bonds is 5. The molecule has 0 fully saturated rings. The maximum atomic E-state index is 2.44. The molecule has 166 valence electrons. The van der Waals surface area contributed by atoms with Gasteiger partial charge in [0.25, 0.3) is 0 Å². The molecule has 1 aromatic heterocycles. The summed E-state index contributed by atoms with van der Waals surface area (Å²) in [6, 6.07) is 53.8. The summed E-state index contributed by atoms with van der Waals surface area (Å²) >= 11 is 0. The van der Waals surface area contributed by atoms with E-state index in [1.165, 1.54) is 44.8 Å². The molecule has 35 heavy (non-hydrogen) atoms. The van der Waals surface area contributed by atoms with Crippen molar-refractivity contribution in [1.82, 2.24) is 4.57 Å². The Morgan fingerprint density at radius 3 is 0.914 bits per heavy atom. The third kappa shape index (κ3) is 3.88. The van der Waals surface area contributed by atoms with Crippen LogP contribution in [0.1, 0.15) is 0 Å². The zero-order chi connectivity index (χ0) is 23.5. The van der Waals surface area contributed by atoms with E-state index in [-0.39, 0.29) is 0 Å². The Morgan fingerprint density at radius 1 is 0.286 bits per heavy atom. The summed E-state index contributed by atoms with van der Waals surface area (Å²) in [5, 5.41) is 0. The fourth-order valence-electron chi connectivity index (χ4n) is 4.92. The van der Waals surface area contributed by atoms with Crippen molar-refractivity contribution < 1.29 is 0 Å². The Bertz CT molecular complexity index is 1240. The second kappa shape index (κ2) is 9.32. The van der Waals surface area contributed by atoms with Gasteiger partial charge in [0.2, 0.25) is 0 Å². The SMILES string of the molecule is c1ccc(-c2c(-c3ccccc3)c(-c3ccccc3)n(-c3ccccc3)c2-c2ccccc2)cc1. The highest BCUT2D eigenvalue weighted by Gasteiger charge is 2.27. The molecular weight excluding hydrogens is 422 g/mol. The van der Waals surface area contributed by atoms with Crippen molar-refractivity contribution in [2.24, 2.45) is 0 Å². The Morgan fingerprint density at radius 2 is 0.571 bits per heavy atom. The van der Waals surface area contributed by atoms with Gasteiger partial charge in [-0.15, -0.1) is 0 Å². The van der Waals surface area contributed by atoms with Gasteiger partial charge >= 0.3 is 0 Å². The van der Waals surface area contributed by atoms with E-state index in [1.807, 2.05) is 0 Å². The zero-order valence-corrected chi connectivity index (χ0v) is 19.4. The Balaban J connectivity index is 1.86. The van der Waals surface area contributed by atoms with Crippen LogP contribution in [0, 0.1) is 0 Å². The first-order valence-electron chi connectivity index (χ1n) is 12.0. The molecule has 1 heteroatoms. The van der Waals surface area contributed by atoms with Crippen molar-refractivity contribution in [3.8, 4) is 50.5 Å². The van der Waals surface area contributed by atoms with E-state index in [0.29, 0.717) is 0 Å². The van der Waals surface area contributed by atoms with Crippen molar-refractivity contribution in [3.63, 3.8) is 0 Å². The summed E-state index contributed by atoms with van der Waals surface area (Å²) in [5.41, 5.74) is 10.8. The minimum Gasteiger partial charge on any atom is -0.308 e. The van der Waals surface area contributed by atoms with E-state index in [4.69, 9.17) is 0 Å². The molecule has 6 rings (SSSR count). The van der Waals surface area contributed by atoms with Crippen LogP contribution in [0.3, 0.4) is 0 Å². The molecule has 0 aliphatic carbocycles. The highest BCUT2D eigenvalue weighted by Crippen LogP contribution is 2.49. The molecule has 0 radical (unpaired) electrons. The fraction of sp³-hybridized carbons (Fsp3) is 0. The summed E-state index contributed by atoms with van der Waals surface area (Å²) in [7, 11) is 0. The highest BCUT2D eigenvalue weighted by atomic mass is 15.0. The lowest BCUT2D eigenvalue weighted by molar-refractivity contribution is 1.10. The topological polar surface area (TPSA) is 4.93 Å². The molecule has 1 heterocycles. The normalized spacial score (nSPS) is 10.9. The van der Waals surface area contributed by atoms with Gasteiger partial charge in [0, 0.05) is 16.8 Å². The van der Waals surface area contributed by atoms with Gasteiger partial charge in [0.15, 0.2) is 0 Å². The van der Waals surface area contributed by atoms with Crippen LogP contribution in [0.15, 0.2) is 152 Å². The molecule has 6 aromatic rings. The van der Waals surface area contributed by atoms with Gasteiger partial charge in [0.1, 0.15) is 0 Å². The van der Waals surface area contributed by atoms with Gasteiger partial charge in [-0.05, 0) is 34.4 Å². The molecule has 0 N–H and O–H groups in total. The molecule has 0 bridgehead atoms. The average molecular weight is 448 g/mol. The Kier molecular flexibility index (Phi) is 5.58. The first kappa shape index (κ1) is 20.9. The molecule has 0 saturated heterocycles. The van der Waals surface area contributed by atoms with E-state index in [0.717, 1.165) is 5.69 Å². The maximum Gasteiger partial charge on any atom is 0.0619 e. The molecule has 0 atom stereocenters. The number of hydrogen-bond donors (Lipinski definition) is 0. The van der Waals surface area contributed by atoms with Gasteiger partial charge < -0.3 is 4.57 Å². The van der Waals surface area contributed by atoms with Crippen LogP contribution in [-0.2, 0) is 0 Å². The van der Waals surface area contributed by atoms with Crippen LogP contribution < -0.4 is 0 Å². The van der Waals surface area contributed by atoms with Crippen molar-refractivity contribution in [3.05, 3.63) is 152 Å². The third-order valence-electron chi connectivity index (χ3n) is 6.40. The van der Waals surface area contributed by atoms with E-state index in [9.17, 15) is 0 Å². The predicted octanol–water partition coefficient (Wildman–Crippen LogP) is 9.15. The largest absolute Gasteiger partial charge is 0.308 e. The quantitative estimate of drug-likeness (QED) is 0.248. The molecular formula is C34H25N. The van der Waals surface area contributed by atoms with Gasteiger partial charge in [-0.3, -0.25) is 0 Å². The van der Waals surface area contributed by atoms with E-state index in [2.05, 4.69) is 156 Å². The molecule has 0 amide bonds. The predicted molar refractivity (Wildman–Crippen MR) is 148 cm³/mol. The van der Waals surface area contributed by atoms with Crippen molar-refractivity contribution in [1.29, 1.82) is 0 Å². The molecule has 0 aliphatic rings. The number of aromatic nitrogens is 1. The van der Waals surface area contributed by atoms with Crippen molar-refractivity contribution >= 4 is 0 Å². The van der Waals surface area contributed by atoms with Crippen LogP contribution in [0.4, 0.5) is 0 Å². The summed E-state index contributed by atoms with van der Waals surface area (Å²) in [6.07, 6.45) is 0. The van der Waals surface area contributed by atoms with Crippen molar-refractivity contribution in [2.75, 3.05) is 0 Å². The standard InChI is InChI=1S/C34H25N/c1-6-16-26(17-7-1)31-32(27-18-8-2-9-19-27)34(29-22-12-4-13-23-29)35(30-24-14-5-15-25-30)33(31)28-20-10-3-11-21-28/h1-25H. The Hall–Kier alpha value is -4.62. The third-order valence-corrected chi connectivity index (χ3v) is 6.40. The lowest BCUT2D eigenvalue weighted by atomic mass is 9.91. The monoisotopic (exact) mass is 447 g/mol.